The van der Waals surface area contributed by atoms with Crippen LogP contribution in [0.3, 0.4) is 0 Å². The standard InChI is InChI=1S/C18H12ClFN4O4S/c19-14-6-1-10(7-16(14)24(26)27)18(25)21-17-13-8-29(28)9-15(13)22-23(17)12-4-2-11(20)3-5-12/h1-7H,8-9H2,(H,21,25)/t29-/m1/s1. The van der Waals surface area contributed by atoms with Crippen molar-refractivity contribution < 1.29 is 18.3 Å². The molecule has 29 heavy (non-hydrogen) atoms. The van der Waals surface area contributed by atoms with Crippen molar-refractivity contribution >= 4 is 39.8 Å². The smallest absolute Gasteiger partial charge is 0.288 e. The minimum Gasteiger partial charge on any atom is -0.306 e. The fourth-order valence-corrected chi connectivity index (χ4v) is 4.45. The Bertz CT molecular complexity index is 1180. The van der Waals surface area contributed by atoms with Gasteiger partial charge in [0.2, 0.25) is 0 Å². The van der Waals surface area contributed by atoms with Crippen LogP contribution in [0.5, 0.6) is 0 Å². The second-order valence-corrected chi connectivity index (χ2v) is 8.13. The topological polar surface area (TPSA) is 107 Å². The third-order valence-corrected chi connectivity index (χ3v) is 5.90. The van der Waals surface area contributed by atoms with E-state index < -0.39 is 33.1 Å². The lowest BCUT2D eigenvalue weighted by Crippen LogP contribution is -2.17. The van der Waals surface area contributed by atoms with Crippen LogP contribution < -0.4 is 5.32 Å². The second-order valence-electron chi connectivity index (χ2n) is 6.27. The molecule has 0 radical (unpaired) electrons. The summed E-state index contributed by atoms with van der Waals surface area (Å²) in [6, 6.07) is 9.22. The van der Waals surface area contributed by atoms with Crippen molar-refractivity contribution in [1.82, 2.24) is 9.78 Å². The van der Waals surface area contributed by atoms with Crippen molar-refractivity contribution in [3.63, 3.8) is 0 Å². The molecule has 2 heterocycles. The molecule has 1 N–H and O–H groups in total. The fraction of sp³-hybridized carbons (Fsp3) is 0.111. The lowest BCUT2D eigenvalue weighted by Gasteiger charge is -2.11. The summed E-state index contributed by atoms with van der Waals surface area (Å²) in [5.41, 5.74) is 1.33. The molecule has 0 unspecified atom stereocenters. The maximum absolute atomic E-state index is 13.3. The first-order valence-electron chi connectivity index (χ1n) is 8.30. The molecule has 0 saturated carbocycles. The van der Waals surface area contributed by atoms with E-state index in [2.05, 4.69) is 10.4 Å². The number of hydrogen-bond acceptors (Lipinski definition) is 5. The zero-order chi connectivity index (χ0) is 20.7. The number of benzene rings is 2. The maximum Gasteiger partial charge on any atom is 0.288 e. The lowest BCUT2D eigenvalue weighted by molar-refractivity contribution is -0.384. The van der Waals surface area contributed by atoms with Gasteiger partial charge in [-0.3, -0.25) is 19.1 Å². The van der Waals surface area contributed by atoms with Crippen molar-refractivity contribution in [3.8, 4) is 5.69 Å². The quantitative estimate of drug-likeness (QED) is 0.498. The number of aromatic nitrogens is 2. The van der Waals surface area contributed by atoms with Crippen LogP contribution in [0.15, 0.2) is 42.5 Å². The van der Waals surface area contributed by atoms with Gasteiger partial charge in [0, 0.05) is 28.0 Å². The van der Waals surface area contributed by atoms with Gasteiger partial charge in [0.15, 0.2) is 0 Å². The number of carbonyl (C=O) groups excluding carboxylic acids is 1. The largest absolute Gasteiger partial charge is 0.306 e. The number of rotatable bonds is 4. The van der Waals surface area contributed by atoms with Gasteiger partial charge in [0.1, 0.15) is 16.7 Å². The molecule has 0 aliphatic carbocycles. The summed E-state index contributed by atoms with van der Waals surface area (Å²) in [4.78, 5) is 23.2. The van der Waals surface area contributed by atoms with E-state index >= 15 is 0 Å². The van der Waals surface area contributed by atoms with Crippen molar-refractivity contribution in [3.05, 3.63) is 80.2 Å². The first-order chi connectivity index (χ1) is 13.8. The van der Waals surface area contributed by atoms with Gasteiger partial charge >= 0.3 is 0 Å². The van der Waals surface area contributed by atoms with E-state index in [4.69, 9.17) is 11.6 Å². The minimum atomic E-state index is -1.13. The Morgan fingerprint density at radius 3 is 2.66 bits per heavy atom. The first-order valence-corrected chi connectivity index (χ1v) is 10.2. The summed E-state index contributed by atoms with van der Waals surface area (Å²) in [5, 5.41) is 18.1. The molecule has 2 aromatic carbocycles. The van der Waals surface area contributed by atoms with Crippen LogP contribution in [-0.2, 0) is 22.3 Å². The molecule has 0 spiro atoms. The van der Waals surface area contributed by atoms with Crippen LogP contribution in [-0.4, -0.2) is 24.8 Å². The van der Waals surface area contributed by atoms with Gasteiger partial charge in [-0.25, -0.2) is 9.07 Å². The molecule has 4 rings (SSSR count). The molecule has 3 aromatic rings. The third kappa shape index (κ3) is 3.64. The predicted molar refractivity (Wildman–Crippen MR) is 105 cm³/mol. The van der Waals surface area contributed by atoms with E-state index in [0.29, 0.717) is 22.8 Å². The molecule has 0 bridgehead atoms. The molecular formula is C18H12ClFN4O4S. The van der Waals surface area contributed by atoms with Crippen LogP contribution in [0.25, 0.3) is 5.69 Å². The molecular weight excluding hydrogens is 423 g/mol. The number of nitro benzene ring substituents is 1. The molecule has 0 saturated heterocycles. The van der Waals surface area contributed by atoms with Crippen LogP contribution >= 0.6 is 11.6 Å². The fourth-order valence-electron chi connectivity index (χ4n) is 3.00. The molecule has 1 aliphatic rings. The monoisotopic (exact) mass is 434 g/mol. The van der Waals surface area contributed by atoms with E-state index in [0.717, 1.165) is 6.07 Å². The molecule has 1 atom stereocenters. The summed E-state index contributed by atoms with van der Waals surface area (Å²) < 4.78 is 26.6. The van der Waals surface area contributed by atoms with Crippen LogP contribution in [0.4, 0.5) is 15.9 Å². The van der Waals surface area contributed by atoms with E-state index in [1.165, 1.54) is 41.1 Å². The average molecular weight is 435 g/mol. The Morgan fingerprint density at radius 2 is 1.97 bits per heavy atom. The number of halogens is 2. The summed E-state index contributed by atoms with van der Waals surface area (Å²) in [5.74, 6) is -0.284. The van der Waals surface area contributed by atoms with Gasteiger partial charge in [-0.15, -0.1) is 0 Å². The zero-order valence-electron chi connectivity index (χ0n) is 14.6. The molecule has 1 aliphatic heterocycles. The van der Waals surface area contributed by atoms with Crippen molar-refractivity contribution in [2.24, 2.45) is 0 Å². The number of carbonyl (C=O) groups is 1. The summed E-state index contributed by atoms with van der Waals surface area (Å²) in [7, 11) is -1.13. The highest BCUT2D eigenvalue weighted by Crippen LogP contribution is 2.32. The number of anilines is 1. The highest BCUT2D eigenvalue weighted by atomic mass is 35.5. The van der Waals surface area contributed by atoms with Crippen molar-refractivity contribution in [2.45, 2.75) is 11.5 Å². The maximum atomic E-state index is 13.3. The Labute approximate surface area is 170 Å². The molecule has 148 valence electrons. The first kappa shape index (κ1) is 19.2. The lowest BCUT2D eigenvalue weighted by atomic mass is 10.2. The molecule has 1 aromatic heterocycles. The van der Waals surface area contributed by atoms with E-state index in [1.807, 2.05) is 0 Å². The predicted octanol–water partition coefficient (Wildman–Crippen LogP) is 3.59. The van der Waals surface area contributed by atoms with Gasteiger partial charge in [-0.05, 0) is 36.4 Å². The summed E-state index contributed by atoms with van der Waals surface area (Å²) in [6.07, 6.45) is 0. The summed E-state index contributed by atoms with van der Waals surface area (Å²) in [6.45, 7) is 0. The van der Waals surface area contributed by atoms with Crippen LogP contribution in [0.2, 0.25) is 5.02 Å². The van der Waals surface area contributed by atoms with Crippen LogP contribution in [0.1, 0.15) is 21.6 Å². The molecule has 11 heteroatoms. The minimum absolute atomic E-state index is 0.0285. The average Bonchev–Trinajstić information content (AvgIpc) is 3.19. The van der Waals surface area contributed by atoms with E-state index in [9.17, 15) is 23.5 Å². The Hall–Kier alpha value is -3.11. The highest BCUT2D eigenvalue weighted by molar-refractivity contribution is 7.83. The number of nitrogens with zero attached hydrogens (tertiary/aromatic N) is 3. The van der Waals surface area contributed by atoms with Gasteiger partial charge in [0.25, 0.3) is 11.6 Å². The van der Waals surface area contributed by atoms with Crippen molar-refractivity contribution in [2.75, 3.05) is 5.32 Å². The SMILES string of the molecule is O=C(Nc1c2c(nn1-c1ccc(F)cc1)C[S@](=O)C2)c1ccc(Cl)c([N+](=O)[O-])c1. The Morgan fingerprint density at radius 1 is 1.24 bits per heavy atom. The highest BCUT2D eigenvalue weighted by Gasteiger charge is 2.29. The number of nitrogens with one attached hydrogen (secondary N) is 1. The van der Waals surface area contributed by atoms with Crippen LogP contribution in [0, 0.1) is 15.9 Å². The molecule has 8 nitrogen and oxygen atoms in total. The Balaban J connectivity index is 1.74. The number of fused-ring (bicyclic) bond motifs is 1. The van der Waals surface area contributed by atoms with Crippen molar-refractivity contribution in [1.29, 1.82) is 0 Å². The van der Waals surface area contributed by atoms with Gasteiger partial charge in [-0.1, -0.05) is 11.6 Å². The number of nitro groups is 1. The molecule has 1 amide bonds. The third-order valence-electron chi connectivity index (χ3n) is 4.38. The van der Waals surface area contributed by atoms with Gasteiger partial charge < -0.3 is 5.32 Å². The normalized spacial score (nSPS) is 15.2. The van der Waals surface area contributed by atoms with Gasteiger partial charge in [-0.2, -0.15) is 5.10 Å². The summed E-state index contributed by atoms with van der Waals surface area (Å²) >= 11 is 5.80. The van der Waals surface area contributed by atoms with E-state index in [1.54, 1.807) is 0 Å². The Kier molecular flexibility index (Phi) is 4.89. The van der Waals surface area contributed by atoms with E-state index in [-0.39, 0.29) is 22.1 Å². The number of hydrogen-bond donors (Lipinski definition) is 1. The second kappa shape index (κ2) is 7.37. The number of amides is 1. The molecule has 0 fully saturated rings. The zero-order valence-corrected chi connectivity index (χ0v) is 16.2. The van der Waals surface area contributed by atoms with Gasteiger partial charge in [0.05, 0.1) is 27.8 Å².